The Morgan fingerprint density at radius 3 is 2.41 bits per heavy atom. The number of rotatable bonds is 10. The summed E-state index contributed by atoms with van der Waals surface area (Å²) in [5, 5.41) is 12.3. The van der Waals surface area contributed by atoms with Crippen LogP contribution in [0.3, 0.4) is 0 Å². The maximum absolute atomic E-state index is 11.8. The summed E-state index contributed by atoms with van der Waals surface area (Å²) in [4.78, 5) is 22.7. The quantitative estimate of drug-likeness (QED) is 0.362. The number of carbonyl (C=O) groups excluding carboxylic acids is 1. The highest BCUT2D eigenvalue weighted by Gasteiger charge is 2.25. The zero-order valence-corrected chi connectivity index (χ0v) is 15.0. The van der Waals surface area contributed by atoms with Crippen LogP contribution in [-0.2, 0) is 9.59 Å². The molecule has 128 valence electrons. The highest BCUT2D eigenvalue weighted by molar-refractivity contribution is 7.81. The molecule has 1 aliphatic carbocycles. The molecule has 1 amide bonds. The smallest absolute Gasteiger partial charge is 0.306 e. The van der Waals surface area contributed by atoms with Crippen LogP contribution in [0, 0.1) is 11.8 Å². The summed E-state index contributed by atoms with van der Waals surface area (Å²) in [5.74, 6) is 0.557. The molecule has 0 aliphatic heterocycles. The largest absolute Gasteiger partial charge is 0.481 e. The second-order valence-electron chi connectivity index (χ2n) is 6.27. The van der Waals surface area contributed by atoms with E-state index < -0.39 is 5.97 Å². The van der Waals surface area contributed by atoms with Crippen LogP contribution in [0.2, 0.25) is 0 Å². The van der Waals surface area contributed by atoms with Crippen molar-refractivity contribution < 1.29 is 14.7 Å². The standard InChI is InChI=1S/C16H29NO3S2/c18-15(4-2-1-3-14(22)9-10-21)17-11-12-5-7-13(8-6-12)16(19)20/h12-14,21-22H,1-11H2,(H,17,18)(H,19,20)/t12-,13-,14?. The lowest BCUT2D eigenvalue weighted by Gasteiger charge is -2.26. The number of carbonyl (C=O) groups is 2. The van der Waals surface area contributed by atoms with Gasteiger partial charge in [0.15, 0.2) is 0 Å². The molecule has 0 saturated heterocycles. The Kier molecular flexibility index (Phi) is 10.0. The summed E-state index contributed by atoms with van der Waals surface area (Å²) in [6.45, 7) is 0.694. The molecule has 1 atom stereocenters. The molecule has 1 fully saturated rings. The molecule has 0 bridgehead atoms. The van der Waals surface area contributed by atoms with Crippen molar-refractivity contribution in [3.63, 3.8) is 0 Å². The Labute approximate surface area is 144 Å². The lowest BCUT2D eigenvalue weighted by molar-refractivity contribution is -0.143. The van der Waals surface area contributed by atoms with Gasteiger partial charge < -0.3 is 10.4 Å². The Bertz CT molecular complexity index is 344. The number of hydrogen-bond acceptors (Lipinski definition) is 4. The molecule has 1 unspecified atom stereocenters. The molecule has 1 rings (SSSR count). The van der Waals surface area contributed by atoms with Crippen LogP contribution in [-0.4, -0.2) is 34.5 Å². The van der Waals surface area contributed by atoms with Crippen molar-refractivity contribution in [1.29, 1.82) is 0 Å². The first kappa shape index (κ1) is 19.7. The maximum atomic E-state index is 11.8. The maximum Gasteiger partial charge on any atom is 0.306 e. The van der Waals surface area contributed by atoms with Crippen LogP contribution < -0.4 is 5.32 Å². The van der Waals surface area contributed by atoms with Gasteiger partial charge in [-0.2, -0.15) is 25.3 Å². The number of hydrogen-bond donors (Lipinski definition) is 4. The number of unbranched alkanes of at least 4 members (excludes halogenated alkanes) is 1. The van der Waals surface area contributed by atoms with Crippen LogP contribution >= 0.6 is 25.3 Å². The third kappa shape index (κ3) is 8.32. The monoisotopic (exact) mass is 347 g/mol. The molecular formula is C16H29NO3S2. The molecule has 0 aromatic rings. The Balaban J connectivity index is 2.03. The first-order valence-corrected chi connectivity index (χ1v) is 9.46. The first-order valence-electron chi connectivity index (χ1n) is 8.31. The fourth-order valence-corrected chi connectivity index (χ4v) is 3.75. The first-order chi connectivity index (χ1) is 10.5. The highest BCUT2D eigenvalue weighted by Crippen LogP contribution is 2.28. The molecule has 0 aromatic heterocycles. The normalized spacial score (nSPS) is 23.0. The summed E-state index contributed by atoms with van der Waals surface area (Å²) in [5.41, 5.74) is 0. The van der Waals surface area contributed by atoms with E-state index in [1.54, 1.807) is 0 Å². The summed E-state index contributed by atoms with van der Waals surface area (Å²) < 4.78 is 0. The van der Waals surface area contributed by atoms with Crippen LogP contribution in [0.25, 0.3) is 0 Å². The van der Waals surface area contributed by atoms with Gasteiger partial charge in [-0.25, -0.2) is 0 Å². The Hall–Kier alpha value is -0.360. The van der Waals surface area contributed by atoms with Crippen molar-refractivity contribution in [3.05, 3.63) is 0 Å². The van der Waals surface area contributed by atoms with Gasteiger partial charge in [-0.05, 0) is 56.6 Å². The second-order valence-corrected chi connectivity index (χ2v) is 7.45. The van der Waals surface area contributed by atoms with Crippen molar-refractivity contribution in [2.45, 2.75) is 63.0 Å². The van der Waals surface area contributed by atoms with Crippen LogP contribution in [0.1, 0.15) is 57.8 Å². The van der Waals surface area contributed by atoms with E-state index in [0.717, 1.165) is 57.1 Å². The van der Waals surface area contributed by atoms with Crippen molar-refractivity contribution in [2.75, 3.05) is 12.3 Å². The van der Waals surface area contributed by atoms with Gasteiger partial charge in [-0.3, -0.25) is 9.59 Å². The molecule has 0 radical (unpaired) electrons. The molecule has 2 N–H and O–H groups in total. The minimum absolute atomic E-state index is 0.116. The van der Waals surface area contributed by atoms with Crippen molar-refractivity contribution >= 4 is 37.1 Å². The van der Waals surface area contributed by atoms with E-state index in [1.165, 1.54) is 0 Å². The Morgan fingerprint density at radius 2 is 1.82 bits per heavy atom. The fourth-order valence-electron chi connectivity index (χ4n) is 2.92. The molecule has 1 saturated carbocycles. The van der Waals surface area contributed by atoms with E-state index >= 15 is 0 Å². The molecule has 0 spiro atoms. The van der Waals surface area contributed by atoms with Gasteiger partial charge in [0.25, 0.3) is 0 Å². The minimum atomic E-state index is -0.678. The van der Waals surface area contributed by atoms with E-state index in [0.29, 0.717) is 24.1 Å². The SMILES string of the molecule is O=C(CCCCC(S)CCS)NC[C@H]1CC[C@H](C(=O)O)CC1. The van der Waals surface area contributed by atoms with Crippen LogP contribution in [0.4, 0.5) is 0 Å². The van der Waals surface area contributed by atoms with E-state index in [1.807, 2.05) is 0 Å². The van der Waals surface area contributed by atoms with Gasteiger partial charge in [0, 0.05) is 18.2 Å². The summed E-state index contributed by atoms with van der Waals surface area (Å²) >= 11 is 8.66. The predicted octanol–water partition coefficient (Wildman–Crippen LogP) is 3.17. The van der Waals surface area contributed by atoms with Crippen LogP contribution in [0.15, 0.2) is 0 Å². The third-order valence-electron chi connectivity index (χ3n) is 4.44. The number of aliphatic carboxylic acids is 1. The number of carboxylic acids is 1. The molecule has 4 nitrogen and oxygen atoms in total. The molecule has 1 aliphatic rings. The Morgan fingerprint density at radius 1 is 1.14 bits per heavy atom. The van der Waals surface area contributed by atoms with Gasteiger partial charge in [0.05, 0.1) is 5.92 Å². The highest BCUT2D eigenvalue weighted by atomic mass is 32.1. The van der Waals surface area contributed by atoms with Crippen LogP contribution in [0.5, 0.6) is 0 Å². The van der Waals surface area contributed by atoms with E-state index in [9.17, 15) is 9.59 Å². The summed E-state index contributed by atoms with van der Waals surface area (Å²) in [6, 6.07) is 0. The molecule has 22 heavy (non-hydrogen) atoms. The molecule has 0 aromatic carbocycles. The van der Waals surface area contributed by atoms with E-state index in [-0.39, 0.29) is 11.8 Å². The zero-order chi connectivity index (χ0) is 16.4. The average molecular weight is 348 g/mol. The number of carboxylic acid groups (broad SMARTS) is 1. The second kappa shape index (κ2) is 11.2. The summed E-state index contributed by atoms with van der Waals surface area (Å²) in [6.07, 6.45) is 7.85. The molecule has 0 heterocycles. The zero-order valence-electron chi connectivity index (χ0n) is 13.2. The summed E-state index contributed by atoms with van der Waals surface area (Å²) in [7, 11) is 0. The van der Waals surface area contributed by atoms with Crippen molar-refractivity contribution in [2.24, 2.45) is 11.8 Å². The minimum Gasteiger partial charge on any atom is -0.481 e. The van der Waals surface area contributed by atoms with Gasteiger partial charge >= 0.3 is 5.97 Å². The number of amides is 1. The lowest BCUT2D eigenvalue weighted by atomic mass is 9.82. The average Bonchev–Trinajstić information content (AvgIpc) is 2.50. The van der Waals surface area contributed by atoms with E-state index in [4.69, 9.17) is 5.11 Å². The molecular weight excluding hydrogens is 318 g/mol. The van der Waals surface area contributed by atoms with Gasteiger partial charge in [0.1, 0.15) is 0 Å². The number of nitrogens with one attached hydrogen (secondary N) is 1. The van der Waals surface area contributed by atoms with Gasteiger partial charge in [-0.1, -0.05) is 6.42 Å². The molecule has 6 heteroatoms. The third-order valence-corrected chi connectivity index (χ3v) is 5.21. The van der Waals surface area contributed by atoms with E-state index in [2.05, 4.69) is 30.6 Å². The lowest BCUT2D eigenvalue weighted by Crippen LogP contribution is -2.32. The topological polar surface area (TPSA) is 66.4 Å². The van der Waals surface area contributed by atoms with Crippen molar-refractivity contribution in [3.8, 4) is 0 Å². The number of thiol groups is 2. The van der Waals surface area contributed by atoms with Gasteiger partial charge in [0.2, 0.25) is 5.91 Å². The van der Waals surface area contributed by atoms with Crippen molar-refractivity contribution in [1.82, 2.24) is 5.32 Å². The predicted molar refractivity (Wildman–Crippen MR) is 95.8 cm³/mol. The fraction of sp³-hybridized carbons (Fsp3) is 0.875. The van der Waals surface area contributed by atoms with Gasteiger partial charge in [-0.15, -0.1) is 0 Å².